The van der Waals surface area contributed by atoms with Crippen LogP contribution in [0.3, 0.4) is 0 Å². The third kappa shape index (κ3) is 4.90. The summed E-state index contributed by atoms with van der Waals surface area (Å²) in [5.41, 5.74) is 9.76. The number of hydrogen-bond donors (Lipinski definition) is 5. The summed E-state index contributed by atoms with van der Waals surface area (Å²) in [5, 5.41) is 23.6. The Morgan fingerprint density at radius 1 is 1.15 bits per heavy atom. The lowest BCUT2D eigenvalue weighted by molar-refractivity contribution is -0.150. The Bertz CT molecular complexity index is 1060. The van der Waals surface area contributed by atoms with Gasteiger partial charge in [0.25, 0.3) is 5.91 Å². The molecule has 3 rings (SSSR count). The highest BCUT2D eigenvalue weighted by molar-refractivity contribution is 6.00. The number of aliphatic hydroxyl groups is 1. The van der Waals surface area contributed by atoms with Crippen LogP contribution < -0.4 is 16.8 Å². The molecule has 0 unspecified atom stereocenters. The Hall–Kier alpha value is -3.66. The van der Waals surface area contributed by atoms with Gasteiger partial charge in [-0.1, -0.05) is 42.5 Å². The van der Waals surface area contributed by atoms with Crippen LogP contribution in [0.4, 0.5) is 0 Å². The molecule has 1 aliphatic heterocycles. The first-order valence-electron chi connectivity index (χ1n) is 10.8. The number of amides is 2. The van der Waals surface area contributed by atoms with E-state index >= 15 is 0 Å². The molecule has 0 aromatic heterocycles. The number of carbonyl (C=O) groups is 3. The number of guanidine groups is 1. The molecule has 33 heavy (non-hydrogen) atoms. The third-order valence-electron chi connectivity index (χ3n) is 5.98. The molecule has 1 heterocycles. The first kappa shape index (κ1) is 24.0. The van der Waals surface area contributed by atoms with Gasteiger partial charge in [0.15, 0.2) is 5.96 Å². The summed E-state index contributed by atoms with van der Waals surface area (Å²) in [6.45, 7) is -0.246. The van der Waals surface area contributed by atoms with Crippen molar-refractivity contribution >= 4 is 34.5 Å². The SMILES string of the molecule is NC(N)=NCCC[C@H](NC(=O)[C@]1(c2cccc3ccccc23)CCCN1C(=O)CO)C(=O)O. The Kier molecular flexibility index (Phi) is 7.49. The van der Waals surface area contributed by atoms with Gasteiger partial charge in [0.2, 0.25) is 5.91 Å². The quantitative estimate of drug-likeness (QED) is 0.205. The maximum atomic E-state index is 13.8. The van der Waals surface area contributed by atoms with Crippen LogP contribution in [0.5, 0.6) is 0 Å². The molecule has 2 aromatic carbocycles. The van der Waals surface area contributed by atoms with E-state index in [1.807, 2.05) is 30.3 Å². The minimum atomic E-state index is -1.44. The highest BCUT2D eigenvalue weighted by atomic mass is 16.4. The lowest BCUT2D eigenvalue weighted by Crippen LogP contribution is -2.58. The average Bonchev–Trinajstić information content (AvgIpc) is 3.25. The smallest absolute Gasteiger partial charge is 0.326 e. The standard InChI is InChI=1S/C23H29N5O5/c24-22(25)26-12-4-10-18(20(31)32)27-21(33)23(11-5-13-28(23)19(30)14-29)17-9-3-7-15-6-1-2-8-16(15)17/h1-3,6-9,18,29H,4-5,10-14H2,(H,27,33)(H,31,32)(H4,24,25,26)/t18-,23+/m0/s1. The molecule has 0 spiro atoms. The predicted octanol–water partition coefficient (Wildman–Crippen LogP) is 0.273. The number of nitrogens with two attached hydrogens (primary N) is 2. The van der Waals surface area contributed by atoms with Crippen molar-refractivity contribution in [1.29, 1.82) is 0 Å². The molecule has 10 nitrogen and oxygen atoms in total. The molecule has 0 aliphatic carbocycles. The highest BCUT2D eigenvalue weighted by Gasteiger charge is 2.52. The number of nitrogens with one attached hydrogen (secondary N) is 1. The van der Waals surface area contributed by atoms with Gasteiger partial charge in [-0.2, -0.15) is 0 Å². The van der Waals surface area contributed by atoms with Gasteiger partial charge in [-0.15, -0.1) is 0 Å². The molecular weight excluding hydrogens is 426 g/mol. The van der Waals surface area contributed by atoms with Crippen molar-refractivity contribution in [1.82, 2.24) is 10.2 Å². The summed E-state index contributed by atoms with van der Waals surface area (Å²) in [6.07, 6.45) is 1.29. The molecule has 0 bridgehead atoms. The minimum absolute atomic E-state index is 0.0927. The number of nitrogens with zero attached hydrogens (tertiary/aromatic N) is 2. The fourth-order valence-corrected chi connectivity index (χ4v) is 4.50. The van der Waals surface area contributed by atoms with Crippen molar-refractivity contribution in [3.05, 3.63) is 48.0 Å². The normalized spacial score (nSPS) is 18.6. The van der Waals surface area contributed by atoms with Gasteiger partial charge >= 0.3 is 5.97 Å². The van der Waals surface area contributed by atoms with Crippen LogP contribution in [0.2, 0.25) is 0 Å². The topological polar surface area (TPSA) is 171 Å². The number of carboxylic acid groups (broad SMARTS) is 1. The van der Waals surface area contributed by atoms with Crippen LogP contribution in [0.15, 0.2) is 47.5 Å². The van der Waals surface area contributed by atoms with Crippen LogP contribution >= 0.6 is 0 Å². The molecule has 2 amide bonds. The molecule has 1 aliphatic rings. The van der Waals surface area contributed by atoms with Gasteiger partial charge in [-0.25, -0.2) is 4.79 Å². The Balaban J connectivity index is 2.01. The Morgan fingerprint density at radius 2 is 1.88 bits per heavy atom. The molecule has 1 saturated heterocycles. The number of likely N-dealkylation sites (tertiary alicyclic amines) is 1. The number of aliphatic carboxylic acids is 1. The van der Waals surface area contributed by atoms with E-state index in [0.29, 0.717) is 24.8 Å². The van der Waals surface area contributed by atoms with Gasteiger partial charge < -0.3 is 31.9 Å². The van der Waals surface area contributed by atoms with Crippen molar-refractivity contribution < 1.29 is 24.6 Å². The molecular formula is C23H29N5O5. The first-order chi connectivity index (χ1) is 15.8. The molecule has 1 fully saturated rings. The summed E-state index contributed by atoms with van der Waals surface area (Å²) in [7, 11) is 0. The van der Waals surface area contributed by atoms with E-state index in [-0.39, 0.29) is 25.5 Å². The monoisotopic (exact) mass is 455 g/mol. The van der Waals surface area contributed by atoms with Gasteiger partial charge in [-0.05, 0) is 42.0 Å². The van der Waals surface area contributed by atoms with Crippen LogP contribution in [-0.2, 0) is 19.9 Å². The number of hydrogen-bond acceptors (Lipinski definition) is 5. The van der Waals surface area contributed by atoms with Crippen molar-refractivity contribution in [2.45, 2.75) is 37.3 Å². The van der Waals surface area contributed by atoms with Crippen molar-refractivity contribution in [3.8, 4) is 0 Å². The molecule has 176 valence electrons. The lowest BCUT2D eigenvalue weighted by Gasteiger charge is -2.38. The van der Waals surface area contributed by atoms with E-state index < -0.39 is 36.0 Å². The number of aliphatic hydroxyl groups excluding tert-OH is 1. The largest absolute Gasteiger partial charge is 0.480 e. The molecule has 7 N–H and O–H groups in total. The zero-order valence-electron chi connectivity index (χ0n) is 18.2. The van der Waals surface area contributed by atoms with Crippen molar-refractivity contribution in [2.24, 2.45) is 16.5 Å². The fraction of sp³-hybridized carbons (Fsp3) is 0.391. The van der Waals surface area contributed by atoms with E-state index in [9.17, 15) is 24.6 Å². The van der Waals surface area contributed by atoms with Gasteiger partial charge in [0.1, 0.15) is 18.2 Å². The van der Waals surface area contributed by atoms with Crippen molar-refractivity contribution in [3.63, 3.8) is 0 Å². The predicted molar refractivity (Wildman–Crippen MR) is 123 cm³/mol. The van der Waals surface area contributed by atoms with Crippen LogP contribution in [-0.4, -0.2) is 64.6 Å². The second kappa shape index (κ2) is 10.3. The zero-order valence-corrected chi connectivity index (χ0v) is 18.2. The lowest BCUT2D eigenvalue weighted by atomic mass is 9.82. The second-order valence-electron chi connectivity index (χ2n) is 8.01. The maximum Gasteiger partial charge on any atom is 0.326 e. The van der Waals surface area contributed by atoms with E-state index in [1.165, 1.54) is 4.90 Å². The zero-order chi connectivity index (χ0) is 24.0. The summed E-state index contributed by atoms with van der Waals surface area (Å²) in [6, 6.07) is 11.8. The maximum absolute atomic E-state index is 13.8. The van der Waals surface area contributed by atoms with E-state index in [1.54, 1.807) is 12.1 Å². The summed E-state index contributed by atoms with van der Waals surface area (Å²) >= 11 is 0. The van der Waals surface area contributed by atoms with E-state index in [0.717, 1.165) is 10.8 Å². The van der Waals surface area contributed by atoms with E-state index in [2.05, 4.69) is 10.3 Å². The Morgan fingerprint density at radius 3 is 2.58 bits per heavy atom. The molecule has 0 saturated carbocycles. The van der Waals surface area contributed by atoms with Crippen LogP contribution in [0.1, 0.15) is 31.2 Å². The molecule has 0 radical (unpaired) electrons. The highest BCUT2D eigenvalue weighted by Crippen LogP contribution is 2.42. The third-order valence-corrected chi connectivity index (χ3v) is 5.98. The number of benzene rings is 2. The fourth-order valence-electron chi connectivity index (χ4n) is 4.50. The Labute approximate surface area is 191 Å². The summed E-state index contributed by atoms with van der Waals surface area (Å²) < 4.78 is 0. The summed E-state index contributed by atoms with van der Waals surface area (Å²) in [4.78, 5) is 43.5. The second-order valence-corrected chi connectivity index (χ2v) is 8.01. The minimum Gasteiger partial charge on any atom is -0.480 e. The molecule has 2 atom stereocenters. The van der Waals surface area contributed by atoms with Crippen molar-refractivity contribution in [2.75, 3.05) is 19.7 Å². The van der Waals surface area contributed by atoms with Gasteiger partial charge in [-0.3, -0.25) is 14.6 Å². The van der Waals surface area contributed by atoms with Crippen LogP contribution in [0, 0.1) is 0 Å². The molecule has 2 aromatic rings. The number of carboxylic acids is 1. The number of fused-ring (bicyclic) bond motifs is 1. The number of carbonyl (C=O) groups excluding carboxylic acids is 2. The van der Waals surface area contributed by atoms with Crippen LogP contribution in [0.25, 0.3) is 10.8 Å². The average molecular weight is 456 g/mol. The number of rotatable bonds is 9. The summed E-state index contributed by atoms with van der Waals surface area (Å²) in [5.74, 6) is -2.47. The van der Waals surface area contributed by atoms with Gasteiger partial charge in [0.05, 0.1) is 0 Å². The number of aliphatic imine (C=N–C) groups is 1. The first-order valence-corrected chi connectivity index (χ1v) is 10.8. The van der Waals surface area contributed by atoms with Gasteiger partial charge in [0, 0.05) is 13.1 Å². The van der Waals surface area contributed by atoms with E-state index in [4.69, 9.17) is 11.5 Å². The molecule has 10 heteroatoms.